The van der Waals surface area contributed by atoms with Crippen LogP contribution >= 0.6 is 0 Å². The van der Waals surface area contributed by atoms with Crippen LogP contribution in [0.2, 0.25) is 0 Å². The van der Waals surface area contributed by atoms with Crippen LogP contribution in [0, 0.1) is 0 Å². The summed E-state index contributed by atoms with van der Waals surface area (Å²) >= 11 is 0. The van der Waals surface area contributed by atoms with Crippen molar-refractivity contribution < 1.29 is 17.9 Å². The minimum absolute atomic E-state index is 0.0556. The third kappa shape index (κ3) is 3.85. The van der Waals surface area contributed by atoms with Gasteiger partial charge in [-0.15, -0.1) is 0 Å². The number of nitrogens with two attached hydrogens (primary N) is 1. The van der Waals surface area contributed by atoms with E-state index in [9.17, 15) is 13.2 Å². The van der Waals surface area contributed by atoms with E-state index >= 15 is 0 Å². The molecular weight excluding hydrogens is 294 g/mol. The zero-order valence-corrected chi connectivity index (χ0v) is 12.6. The van der Waals surface area contributed by atoms with Crippen LogP contribution in [-0.4, -0.2) is 34.0 Å². The number of carbonyl (C=O) groups is 1. The van der Waals surface area contributed by atoms with Crippen LogP contribution in [0.5, 0.6) is 5.75 Å². The van der Waals surface area contributed by atoms with Gasteiger partial charge in [-0.3, -0.25) is 4.79 Å². The van der Waals surface area contributed by atoms with Gasteiger partial charge in [-0.25, -0.2) is 13.1 Å². The highest BCUT2D eigenvalue weighted by atomic mass is 32.2. The predicted molar refractivity (Wildman–Crippen MR) is 78.5 cm³/mol. The number of amides is 1. The zero-order chi connectivity index (χ0) is 15.5. The molecule has 0 radical (unpaired) electrons. The van der Waals surface area contributed by atoms with E-state index in [2.05, 4.69) is 10.0 Å². The number of nitrogens with one attached hydrogen (secondary N) is 2. The number of ether oxygens (including phenoxy) is 1. The summed E-state index contributed by atoms with van der Waals surface area (Å²) < 4.78 is 32.6. The van der Waals surface area contributed by atoms with Crippen molar-refractivity contribution in [2.24, 2.45) is 0 Å². The Labute approximate surface area is 123 Å². The van der Waals surface area contributed by atoms with Gasteiger partial charge in [-0.2, -0.15) is 0 Å². The summed E-state index contributed by atoms with van der Waals surface area (Å²) in [5, 5.41) is 2.52. The van der Waals surface area contributed by atoms with E-state index in [4.69, 9.17) is 10.5 Å². The molecule has 0 saturated carbocycles. The second kappa shape index (κ2) is 6.31. The van der Waals surface area contributed by atoms with Gasteiger partial charge in [0.1, 0.15) is 10.6 Å². The lowest BCUT2D eigenvalue weighted by atomic mass is 10.1. The summed E-state index contributed by atoms with van der Waals surface area (Å²) in [4.78, 5) is 10.8. The first-order chi connectivity index (χ1) is 9.90. The first kappa shape index (κ1) is 15.6. The summed E-state index contributed by atoms with van der Waals surface area (Å²) in [6.07, 6.45) is 1.58. The van der Waals surface area contributed by atoms with Crippen LogP contribution in [0.25, 0.3) is 0 Å². The summed E-state index contributed by atoms with van der Waals surface area (Å²) in [7, 11) is -3.73. The molecule has 7 nitrogen and oxygen atoms in total. The van der Waals surface area contributed by atoms with Gasteiger partial charge in [0.15, 0.2) is 0 Å². The van der Waals surface area contributed by atoms with Crippen molar-refractivity contribution >= 4 is 21.6 Å². The van der Waals surface area contributed by atoms with Gasteiger partial charge in [-0.1, -0.05) is 0 Å². The molecule has 0 saturated heterocycles. The number of rotatable bonds is 5. The van der Waals surface area contributed by atoms with Gasteiger partial charge in [0.05, 0.1) is 6.61 Å². The van der Waals surface area contributed by atoms with Crippen molar-refractivity contribution in [2.45, 2.75) is 24.7 Å². The molecule has 4 N–H and O–H groups in total. The maximum Gasteiger partial charge on any atom is 0.244 e. The number of aryl methyl sites for hydroxylation is 1. The fourth-order valence-electron chi connectivity index (χ4n) is 2.17. The Kier molecular flexibility index (Phi) is 4.69. The minimum Gasteiger partial charge on any atom is -0.492 e. The molecule has 0 aliphatic carbocycles. The number of hydrogen-bond acceptors (Lipinski definition) is 5. The standard InChI is InChI=1S/C13H19N3O4S/c1-9(17)15-4-5-16-21(18,19)12-8-11(14)7-10-3-2-6-20-13(10)12/h7-8,16H,2-6,14H2,1H3,(H,15,17). The Hall–Kier alpha value is -1.80. The highest BCUT2D eigenvalue weighted by Crippen LogP contribution is 2.34. The maximum absolute atomic E-state index is 12.3. The van der Waals surface area contributed by atoms with Gasteiger partial charge in [0.2, 0.25) is 15.9 Å². The molecule has 0 spiro atoms. The van der Waals surface area contributed by atoms with E-state index < -0.39 is 10.0 Å². The summed E-state index contributed by atoms with van der Waals surface area (Å²) in [6.45, 7) is 2.19. The van der Waals surface area contributed by atoms with Crippen LogP contribution in [0.3, 0.4) is 0 Å². The van der Waals surface area contributed by atoms with E-state index in [1.165, 1.54) is 13.0 Å². The average molecular weight is 313 g/mol. The molecule has 0 bridgehead atoms. The number of fused-ring (bicyclic) bond motifs is 1. The van der Waals surface area contributed by atoms with Crippen molar-refractivity contribution in [1.82, 2.24) is 10.0 Å². The molecule has 0 unspecified atom stereocenters. The van der Waals surface area contributed by atoms with Crippen molar-refractivity contribution in [3.8, 4) is 5.75 Å². The van der Waals surface area contributed by atoms with Gasteiger partial charge in [0.25, 0.3) is 0 Å². The molecule has 0 aromatic heterocycles. The molecule has 1 aliphatic heterocycles. The molecule has 116 valence electrons. The Bertz CT molecular complexity index is 643. The van der Waals surface area contributed by atoms with Gasteiger partial charge in [0, 0.05) is 25.7 Å². The lowest BCUT2D eigenvalue weighted by Crippen LogP contribution is -2.34. The van der Waals surface area contributed by atoms with Crippen molar-refractivity contribution in [3.63, 3.8) is 0 Å². The van der Waals surface area contributed by atoms with E-state index in [0.29, 0.717) is 18.0 Å². The molecule has 2 rings (SSSR count). The van der Waals surface area contributed by atoms with Crippen LogP contribution in [0.1, 0.15) is 18.9 Å². The fourth-order valence-corrected chi connectivity index (χ4v) is 3.42. The topological polar surface area (TPSA) is 111 Å². The number of hydrogen-bond donors (Lipinski definition) is 3. The fraction of sp³-hybridized carbons (Fsp3) is 0.462. The molecule has 0 atom stereocenters. The molecular formula is C13H19N3O4S. The Morgan fingerprint density at radius 3 is 2.86 bits per heavy atom. The first-order valence-electron chi connectivity index (χ1n) is 6.69. The van der Waals surface area contributed by atoms with Crippen molar-refractivity contribution in [3.05, 3.63) is 17.7 Å². The lowest BCUT2D eigenvalue weighted by Gasteiger charge is -2.21. The molecule has 1 aromatic carbocycles. The largest absolute Gasteiger partial charge is 0.492 e. The molecule has 1 aliphatic rings. The van der Waals surface area contributed by atoms with E-state index in [0.717, 1.165) is 18.4 Å². The second-order valence-electron chi connectivity index (χ2n) is 4.84. The quantitative estimate of drug-likeness (QED) is 0.524. The monoisotopic (exact) mass is 313 g/mol. The van der Waals surface area contributed by atoms with Crippen LogP contribution in [-0.2, 0) is 21.2 Å². The van der Waals surface area contributed by atoms with E-state index in [-0.39, 0.29) is 23.9 Å². The van der Waals surface area contributed by atoms with Crippen LogP contribution in [0.4, 0.5) is 5.69 Å². The predicted octanol–water partition coefficient (Wildman–Crippen LogP) is 0.00820. The second-order valence-corrected chi connectivity index (χ2v) is 6.58. The SMILES string of the molecule is CC(=O)NCCNS(=O)(=O)c1cc(N)cc2c1OCCC2. The number of nitrogen functional groups attached to an aromatic ring is 1. The molecule has 1 amide bonds. The molecule has 8 heteroatoms. The average Bonchev–Trinajstić information content (AvgIpc) is 2.42. The number of anilines is 1. The molecule has 0 fully saturated rings. The number of sulfonamides is 1. The Balaban J connectivity index is 2.19. The maximum atomic E-state index is 12.3. The van der Waals surface area contributed by atoms with Crippen molar-refractivity contribution in [2.75, 3.05) is 25.4 Å². The Morgan fingerprint density at radius 2 is 2.14 bits per heavy atom. The third-order valence-corrected chi connectivity index (χ3v) is 4.54. The van der Waals surface area contributed by atoms with Gasteiger partial charge >= 0.3 is 0 Å². The molecule has 1 heterocycles. The highest BCUT2D eigenvalue weighted by Gasteiger charge is 2.24. The van der Waals surface area contributed by atoms with Gasteiger partial charge in [-0.05, 0) is 30.5 Å². The van der Waals surface area contributed by atoms with E-state index in [1.54, 1.807) is 6.07 Å². The normalized spacial score (nSPS) is 14.1. The highest BCUT2D eigenvalue weighted by molar-refractivity contribution is 7.89. The zero-order valence-electron chi connectivity index (χ0n) is 11.8. The molecule has 1 aromatic rings. The van der Waals surface area contributed by atoms with Crippen LogP contribution in [0.15, 0.2) is 17.0 Å². The summed E-state index contributed by atoms with van der Waals surface area (Å²) in [5.41, 5.74) is 6.97. The smallest absolute Gasteiger partial charge is 0.244 e. The molecule has 21 heavy (non-hydrogen) atoms. The van der Waals surface area contributed by atoms with Crippen molar-refractivity contribution in [1.29, 1.82) is 0 Å². The summed E-state index contributed by atoms with van der Waals surface area (Å²) in [5.74, 6) is 0.168. The van der Waals surface area contributed by atoms with Gasteiger partial charge < -0.3 is 15.8 Å². The minimum atomic E-state index is -3.73. The first-order valence-corrected chi connectivity index (χ1v) is 8.18. The Morgan fingerprint density at radius 1 is 1.38 bits per heavy atom. The number of carbonyl (C=O) groups excluding carboxylic acids is 1. The number of benzene rings is 1. The van der Waals surface area contributed by atoms with Crippen LogP contribution < -0.4 is 20.5 Å². The summed E-state index contributed by atoms with van der Waals surface area (Å²) in [6, 6.07) is 3.13. The lowest BCUT2D eigenvalue weighted by molar-refractivity contribution is -0.118. The van der Waals surface area contributed by atoms with E-state index in [1.807, 2.05) is 0 Å². The third-order valence-electron chi connectivity index (χ3n) is 3.07.